The Labute approximate surface area is 270 Å². The van der Waals surface area contributed by atoms with Gasteiger partial charge in [0, 0.05) is 18.7 Å². The van der Waals surface area contributed by atoms with Gasteiger partial charge in [-0.25, -0.2) is 4.98 Å². The molecule has 1 fully saturated rings. The molecule has 0 saturated carbocycles. The van der Waals surface area contributed by atoms with E-state index in [9.17, 15) is 9.59 Å². The Balaban J connectivity index is 1.55. The molecule has 1 aliphatic heterocycles. The molecule has 0 bridgehead atoms. The van der Waals surface area contributed by atoms with Crippen molar-refractivity contribution in [2.45, 2.75) is 33.6 Å². The smallest absolute Gasteiger partial charge is 0.282 e. The number of ether oxygens (including phenoxy) is 4. The molecule has 0 atom stereocenters. The Bertz CT molecular complexity index is 1800. The topological polar surface area (TPSA) is 104 Å². The van der Waals surface area contributed by atoms with E-state index in [4.69, 9.17) is 23.9 Å². The van der Waals surface area contributed by atoms with Gasteiger partial charge in [-0.15, -0.1) is 0 Å². The molecule has 1 aliphatic rings. The van der Waals surface area contributed by atoms with Gasteiger partial charge < -0.3 is 23.8 Å². The first-order valence-electron chi connectivity index (χ1n) is 14.9. The third-order valence-corrected chi connectivity index (χ3v) is 8.14. The number of amides is 1. The molecule has 1 saturated heterocycles. The Morgan fingerprint density at radius 1 is 1.11 bits per heavy atom. The molecule has 1 amide bonds. The summed E-state index contributed by atoms with van der Waals surface area (Å²) in [5.41, 5.74) is 3.63. The molecule has 2 heterocycles. The van der Waals surface area contributed by atoms with Crippen molar-refractivity contribution in [3.63, 3.8) is 0 Å². The summed E-state index contributed by atoms with van der Waals surface area (Å²) in [4.78, 5) is 33.2. The minimum Gasteiger partial charge on any atom is -0.496 e. The third-order valence-electron chi connectivity index (χ3n) is 7.55. The second-order valence-corrected chi connectivity index (χ2v) is 11.8. The van der Waals surface area contributed by atoms with Crippen molar-refractivity contribution in [2.75, 3.05) is 46.6 Å². The summed E-state index contributed by atoms with van der Waals surface area (Å²) in [5.74, 6) is 2.12. The highest BCUT2D eigenvalue weighted by molar-refractivity contribution is 9.10. The Kier molecular flexibility index (Phi) is 10.2. The lowest BCUT2D eigenvalue weighted by atomic mass is 9.96. The van der Waals surface area contributed by atoms with E-state index >= 15 is 0 Å². The zero-order chi connectivity index (χ0) is 32.1. The number of aromatic nitrogens is 2. The van der Waals surface area contributed by atoms with Crippen LogP contribution in [0.5, 0.6) is 17.2 Å². The maximum Gasteiger partial charge on any atom is 0.282 e. The number of para-hydroxylation sites is 1. The van der Waals surface area contributed by atoms with Crippen LogP contribution in [-0.4, -0.2) is 73.3 Å². The molecule has 1 aromatic heterocycles. The number of halogens is 1. The molecule has 236 valence electrons. The fourth-order valence-electron chi connectivity index (χ4n) is 5.20. The van der Waals surface area contributed by atoms with Gasteiger partial charge in [0.15, 0.2) is 23.9 Å². The zero-order valence-corrected chi connectivity index (χ0v) is 27.7. The van der Waals surface area contributed by atoms with Gasteiger partial charge >= 0.3 is 0 Å². The fraction of sp³-hybridized carbons (Fsp3) is 0.353. The molecule has 0 radical (unpaired) electrons. The van der Waals surface area contributed by atoms with Crippen molar-refractivity contribution in [2.24, 2.45) is 5.10 Å². The van der Waals surface area contributed by atoms with Gasteiger partial charge in [-0.1, -0.05) is 26.0 Å². The molecule has 0 aliphatic carbocycles. The minimum absolute atomic E-state index is 0.122. The number of hydrogen-bond donors (Lipinski definition) is 0. The predicted octanol–water partition coefficient (Wildman–Crippen LogP) is 5.78. The summed E-state index contributed by atoms with van der Waals surface area (Å²) in [5, 5.41) is 5.12. The highest BCUT2D eigenvalue weighted by atomic mass is 79.9. The van der Waals surface area contributed by atoms with Crippen LogP contribution in [0.25, 0.3) is 22.3 Å². The van der Waals surface area contributed by atoms with E-state index in [1.165, 1.54) is 4.68 Å². The molecule has 3 aromatic carbocycles. The number of fused-ring (bicyclic) bond motifs is 1. The van der Waals surface area contributed by atoms with Crippen molar-refractivity contribution >= 4 is 39.0 Å². The second-order valence-electron chi connectivity index (χ2n) is 10.9. The number of carbonyl (C=O) groups excluding carboxylic acids is 1. The van der Waals surface area contributed by atoms with Gasteiger partial charge in [0.1, 0.15) is 5.75 Å². The number of hydrogen-bond acceptors (Lipinski definition) is 8. The van der Waals surface area contributed by atoms with Gasteiger partial charge in [0.05, 0.1) is 48.5 Å². The normalized spacial score (nSPS) is 13.5. The molecule has 10 nitrogen and oxygen atoms in total. The van der Waals surface area contributed by atoms with E-state index in [0.717, 1.165) is 22.4 Å². The number of nitrogens with zero attached hydrogens (tertiary/aromatic N) is 4. The number of methoxy groups -OCH3 is 1. The van der Waals surface area contributed by atoms with E-state index in [-0.39, 0.29) is 24.0 Å². The van der Waals surface area contributed by atoms with E-state index in [1.54, 1.807) is 36.4 Å². The Hall–Kier alpha value is -4.22. The maximum absolute atomic E-state index is 13.9. The largest absolute Gasteiger partial charge is 0.496 e. The third kappa shape index (κ3) is 7.04. The number of rotatable bonds is 10. The van der Waals surface area contributed by atoms with Crippen molar-refractivity contribution in [1.82, 2.24) is 14.6 Å². The highest BCUT2D eigenvalue weighted by Gasteiger charge is 2.21. The van der Waals surface area contributed by atoms with Crippen LogP contribution in [0.1, 0.15) is 43.4 Å². The van der Waals surface area contributed by atoms with Gasteiger partial charge in [0.25, 0.3) is 11.5 Å². The van der Waals surface area contributed by atoms with E-state index in [2.05, 4.69) is 34.9 Å². The molecule has 5 rings (SSSR count). The van der Waals surface area contributed by atoms with Crippen molar-refractivity contribution in [3.05, 3.63) is 80.0 Å². The van der Waals surface area contributed by atoms with Crippen LogP contribution >= 0.6 is 15.9 Å². The van der Waals surface area contributed by atoms with Crippen LogP contribution in [-0.2, 0) is 9.53 Å². The van der Waals surface area contributed by atoms with E-state index in [1.807, 2.05) is 44.2 Å². The summed E-state index contributed by atoms with van der Waals surface area (Å²) >= 11 is 3.58. The van der Waals surface area contributed by atoms with Crippen LogP contribution in [0.2, 0.25) is 0 Å². The average Bonchev–Trinajstić information content (AvgIpc) is 3.04. The van der Waals surface area contributed by atoms with Gasteiger partial charge in [-0.05, 0) is 88.8 Å². The maximum atomic E-state index is 13.9. The SMILES string of the molecule is CCOc1cc(C=Nn2c(-c3cc(C(C)C)c(OC)cc3C)nc3ccccc3c2=O)cc(Br)c1OCC(=O)N1CCOCC1. The first-order valence-corrected chi connectivity index (χ1v) is 15.7. The monoisotopic (exact) mass is 676 g/mol. The quantitative estimate of drug-likeness (QED) is 0.196. The predicted molar refractivity (Wildman–Crippen MR) is 178 cm³/mol. The van der Waals surface area contributed by atoms with Crippen molar-refractivity contribution in [3.8, 4) is 28.6 Å². The number of carbonyl (C=O) groups is 1. The molecular formula is C34H37BrN4O6. The van der Waals surface area contributed by atoms with Gasteiger partial charge in [-0.3, -0.25) is 9.59 Å². The van der Waals surface area contributed by atoms with Crippen LogP contribution < -0.4 is 19.8 Å². The lowest BCUT2D eigenvalue weighted by Gasteiger charge is -2.27. The minimum atomic E-state index is -0.293. The van der Waals surface area contributed by atoms with Crippen LogP contribution in [0, 0.1) is 6.92 Å². The second kappa shape index (κ2) is 14.3. The first-order chi connectivity index (χ1) is 21.7. The fourth-order valence-corrected chi connectivity index (χ4v) is 5.77. The standard InChI is InChI=1S/C34H37BrN4O6/c1-6-44-30-17-23(16-27(35)32(30)45-20-31(40)38-11-13-43-14-12-38)19-36-39-33(37-28-10-8-7-9-24(28)34(39)41)26-18-25(21(2)3)29(42-5)15-22(26)4/h7-10,15-19,21H,6,11-14,20H2,1-5H3. The molecule has 0 N–H and O–H groups in total. The molecule has 0 unspecified atom stereocenters. The van der Waals surface area contributed by atoms with E-state index < -0.39 is 0 Å². The highest BCUT2D eigenvalue weighted by Crippen LogP contribution is 2.37. The van der Waals surface area contributed by atoms with Crippen LogP contribution in [0.15, 0.2) is 62.9 Å². The lowest BCUT2D eigenvalue weighted by Crippen LogP contribution is -2.43. The van der Waals surface area contributed by atoms with Gasteiger partial charge in [-0.2, -0.15) is 9.78 Å². The summed E-state index contributed by atoms with van der Waals surface area (Å²) in [6, 6.07) is 14.8. The lowest BCUT2D eigenvalue weighted by molar-refractivity contribution is -0.137. The first kappa shape index (κ1) is 32.2. The number of benzene rings is 3. The van der Waals surface area contributed by atoms with Crippen molar-refractivity contribution < 1.29 is 23.7 Å². The summed E-state index contributed by atoms with van der Waals surface area (Å²) in [6.07, 6.45) is 1.58. The van der Waals surface area contributed by atoms with Crippen molar-refractivity contribution in [1.29, 1.82) is 0 Å². The Morgan fingerprint density at radius 2 is 1.87 bits per heavy atom. The van der Waals surface area contributed by atoms with Gasteiger partial charge in [0.2, 0.25) is 0 Å². The van der Waals surface area contributed by atoms with Crippen LogP contribution in [0.4, 0.5) is 0 Å². The molecule has 45 heavy (non-hydrogen) atoms. The van der Waals surface area contributed by atoms with E-state index in [0.29, 0.717) is 71.2 Å². The molecule has 4 aromatic rings. The molecular weight excluding hydrogens is 640 g/mol. The molecule has 11 heteroatoms. The zero-order valence-electron chi connectivity index (χ0n) is 26.1. The summed E-state index contributed by atoms with van der Waals surface area (Å²) in [6.45, 7) is 10.4. The summed E-state index contributed by atoms with van der Waals surface area (Å²) < 4.78 is 24.7. The molecule has 0 spiro atoms. The van der Waals surface area contributed by atoms with Crippen LogP contribution in [0.3, 0.4) is 0 Å². The average molecular weight is 678 g/mol. The Morgan fingerprint density at radius 3 is 2.58 bits per heavy atom. The summed E-state index contributed by atoms with van der Waals surface area (Å²) in [7, 11) is 1.65. The number of aryl methyl sites for hydroxylation is 1. The number of morpholine rings is 1.